The van der Waals surface area contributed by atoms with E-state index in [1.165, 1.54) is 16.6 Å². The van der Waals surface area contributed by atoms with Gasteiger partial charge in [0.05, 0.1) is 9.80 Å². The number of rotatable bonds is 3. The molecule has 20 heavy (non-hydrogen) atoms. The molecule has 0 radical (unpaired) electrons. The van der Waals surface area contributed by atoms with E-state index in [0.29, 0.717) is 5.78 Å². The average molecular weight is 290 g/mol. The molecule has 10 heteroatoms. The fourth-order valence-electron chi connectivity index (χ4n) is 1.50. The summed E-state index contributed by atoms with van der Waals surface area (Å²) in [5.41, 5.74) is 0. The molecule has 0 spiro atoms. The monoisotopic (exact) mass is 290 g/mol. The Labute approximate surface area is 115 Å². The van der Waals surface area contributed by atoms with Crippen molar-refractivity contribution < 1.29 is 9.72 Å². The molecule has 3 aromatic heterocycles. The minimum Gasteiger partial charge on any atom is -0.288 e. The van der Waals surface area contributed by atoms with Gasteiger partial charge in [-0.05, 0) is 12.1 Å². The lowest BCUT2D eigenvalue weighted by Crippen LogP contribution is -2.11. The molecule has 0 atom stereocenters. The fourth-order valence-corrected chi connectivity index (χ4v) is 2.21. The van der Waals surface area contributed by atoms with Gasteiger partial charge in [-0.15, -0.1) is 5.10 Å². The zero-order chi connectivity index (χ0) is 14.1. The van der Waals surface area contributed by atoms with E-state index in [-0.39, 0.29) is 15.8 Å². The number of anilines is 1. The summed E-state index contributed by atoms with van der Waals surface area (Å²) in [6.45, 7) is 0. The van der Waals surface area contributed by atoms with Crippen LogP contribution in [0.1, 0.15) is 9.67 Å². The van der Waals surface area contributed by atoms with Crippen LogP contribution in [-0.4, -0.2) is 30.4 Å². The number of nitrogens with zero attached hydrogens (tertiary/aromatic N) is 5. The minimum atomic E-state index is -0.547. The zero-order valence-corrected chi connectivity index (χ0v) is 10.6. The Bertz CT molecular complexity index is 777. The summed E-state index contributed by atoms with van der Waals surface area (Å²) in [5, 5.41) is 16.9. The largest absolute Gasteiger partial charge is 0.324 e. The molecule has 9 nitrogen and oxygen atoms in total. The van der Waals surface area contributed by atoms with Crippen molar-refractivity contribution in [3.8, 4) is 0 Å². The number of nitrogens with one attached hydrogen (secondary N) is 1. The molecule has 3 heterocycles. The number of hydrogen-bond donors (Lipinski definition) is 1. The van der Waals surface area contributed by atoms with Gasteiger partial charge in [0.25, 0.3) is 17.6 Å². The second kappa shape index (κ2) is 4.66. The van der Waals surface area contributed by atoms with Gasteiger partial charge in [0.2, 0.25) is 0 Å². The first kappa shape index (κ1) is 12.2. The number of nitro groups is 1. The Morgan fingerprint density at radius 3 is 3.00 bits per heavy atom. The lowest BCUT2D eigenvalue weighted by atomic mass is 10.4. The van der Waals surface area contributed by atoms with Crippen molar-refractivity contribution >= 4 is 34.0 Å². The van der Waals surface area contributed by atoms with Crippen molar-refractivity contribution in [2.45, 2.75) is 0 Å². The van der Waals surface area contributed by atoms with Gasteiger partial charge in [0, 0.05) is 18.5 Å². The molecule has 0 saturated carbocycles. The van der Waals surface area contributed by atoms with Crippen molar-refractivity contribution in [3.63, 3.8) is 0 Å². The van der Waals surface area contributed by atoms with Crippen LogP contribution in [0.5, 0.6) is 0 Å². The lowest BCUT2D eigenvalue weighted by molar-refractivity contribution is -0.380. The van der Waals surface area contributed by atoms with E-state index >= 15 is 0 Å². The third-order valence-electron chi connectivity index (χ3n) is 2.34. The topological polar surface area (TPSA) is 115 Å². The van der Waals surface area contributed by atoms with Crippen LogP contribution in [0.4, 0.5) is 10.9 Å². The molecule has 0 fully saturated rings. The van der Waals surface area contributed by atoms with Crippen molar-refractivity contribution in [1.29, 1.82) is 0 Å². The maximum absolute atomic E-state index is 11.9. The van der Waals surface area contributed by atoms with E-state index < -0.39 is 10.8 Å². The number of carbonyl (C=O) groups is 1. The average Bonchev–Trinajstić information content (AvgIpc) is 3.04. The summed E-state index contributed by atoms with van der Waals surface area (Å²) in [6.07, 6.45) is 3.19. The number of carbonyl (C=O) groups excluding carboxylic acids is 1. The molecular formula is C10H6N6O3S. The Kier molecular flexibility index (Phi) is 2.84. The van der Waals surface area contributed by atoms with Gasteiger partial charge in [0.1, 0.15) is 0 Å². The predicted octanol–water partition coefficient (Wildman–Crippen LogP) is 1.35. The van der Waals surface area contributed by atoms with Crippen LogP contribution in [0.3, 0.4) is 0 Å². The SMILES string of the molecule is O=C(Nc1nc2ncccn2n1)c1ccc([N+](=O)[O-])s1. The van der Waals surface area contributed by atoms with Gasteiger partial charge in [-0.25, -0.2) is 9.50 Å². The number of aromatic nitrogens is 4. The smallest absolute Gasteiger partial charge is 0.288 e. The first-order valence-corrected chi connectivity index (χ1v) is 6.18. The second-order valence-electron chi connectivity index (χ2n) is 3.65. The summed E-state index contributed by atoms with van der Waals surface area (Å²) in [6, 6.07) is 4.33. The molecule has 1 N–H and O–H groups in total. The van der Waals surface area contributed by atoms with Crippen molar-refractivity contribution in [2.24, 2.45) is 0 Å². The van der Waals surface area contributed by atoms with Crippen LogP contribution in [-0.2, 0) is 0 Å². The standard InChI is InChI=1S/C10H6N6O3S/c17-8(6-2-3-7(20-6)16(18)19)12-9-13-10-11-4-1-5-15(10)14-9/h1-5H,(H,12,14,17). The van der Waals surface area contributed by atoms with Crippen LogP contribution in [0.2, 0.25) is 0 Å². The Morgan fingerprint density at radius 2 is 2.30 bits per heavy atom. The molecule has 0 aliphatic heterocycles. The molecule has 1 amide bonds. The number of fused-ring (bicyclic) bond motifs is 1. The molecule has 3 rings (SSSR count). The molecule has 0 aliphatic rings. The van der Waals surface area contributed by atoms with E-state index in [2.05, 4.69) is 20.4 Å². The zero-order valence-electron chi connectivity index (χ0n) is 9.76. The van der Waals surface area contributed by atoms with Gasteiger partial charge in [-0.3, -0.25) is 20.2 Å². The van der Waals surface area contributed by atoms with Crippen molar-refractivity contribution in [2.75, 3.05) is 5.32 Å². The highest BCUT2D eigenvalue weighted by Crippen LogP contribution is 2.24. The van der Waals surface area contributed by atoms with E-state index in [0.717, 1.165) is 11.3 Å². The predicted molar refractivity (Wildman–Crippen MR) is 69.7 cm³/mol. The highest BCUT2D eigenvalue weighted by atomic mass is 32.1. The molecule has 0 bridgehead atoms. The number of thiophene rings is 1. The molecule has 0 saturated heterocycles. The third-order valence-corrected chi connectivity index (χ3v) is 3.37. The molecule has 0 aliphatic carbocycles. The maximum atomic E-state index is 11.9. The highest BCUT2D eigenvalue weighted by Gasteiger charge is 2.16. The second-order valence-corrected chi connectivity index (χ2v) is 4.71. The Hall–Kier alpha value is -2.88. The molecule has 0 unspecified atom stereocenters. The van der Waals surface area contributed by atoms with Crippen LogP contribution in [0, 0.1) is 10.1 Å². The van der Waals surface area contributed by atoms with Gasteiger partial charge in [-0.1, -0.05) is 11.3 Å². The summed E-state index contributed by atoms with van der Waals surface area (Å²) in [5.74, 6) is -0.0660. The van der Waals surface area contributed by atoms with Gasteiger partial charge >= 0.3 is 5.00 Å². The van der Waals surface area contributed by atoms with E-state index in [1.807, 2.05) is 0 Å². The lowest BCUT2D eigenvalue weighted by Gasteiger charge is -1.95. The summed E-state index contributed by atoms with van der Waals surface area (Å²) in [4.78, 5) is 30.1. The minimum absolute atomic E-state index is 0.0877. The first-order valence-electron chi connectivity index (χ1n) is 5.36. The Balaban J connectivity index is 1.82. The van der Waals surface area contributed by atoms with Crippen LogP contribution < -0.4 is 5.32 Å². The van der Waals surface area contributed by atoms with Gasteiger partial charge < -0.3 is 0 Å². The number of amides is 1. The van der Waals surface area contributed by atoms with E-state index in [9.17, 15) is 14.9 Å². The van der Waals surface area contributed by atoms with Gasteiger partial charge in [-0.2, -0.15) is 4.98 Å². The quantitative estimate of drug-likeness (QED) is 0.575. The summed E-state index contributed by atoms with van der Waals surface area (Å²) < 4.78 is 1.41. The molecular weight excluding hydrogens is 284 g/mol. The molecule has 3 aromatic rings. The third kappa shape index (κ3) is 2.19. The van der Waals surface area contributed by atoms with Crippen LogP contribution >= 0.6 is 11.3 Å². The normalized spacial score (nSPS) is 10.6. The van der Waals surface area contributed by atoms with Crippen molar-refractivity contribution in [1.82, 2.24) is 19.6 Å². The van der Waals surface area contributed by atoms with Gasteiger partial charge in [0.15, 0.2) is 0 Å². The number of hydrogen-bond acceptors (Lipinski definition) is 7. The maximum Gasteiger partial charge on any atom is 0.324 e. The van der Waals surface area contributed by atoms with Crippen LogP contribution in [0.15, 0.2) is 30.6 Å². The van der Waals surface area contributed by atoms with Crippen molar-refractivity contribution in [3.05, 3.63) is 45.6 Å². The Morgan fingerprint density at radius 1 is 1.45 bits per heavy atom. The molecule has 0 aromatic carbocycles. The summed E-state index contributed by atoms with van der Waals surface area (Å²) in [7, 11) is 0. The fraction of sp³-hybridized carbons (Fsp3) is 0. The van der Waals surface area contributed by atoms with E-state index in [1.54, 1.807) is 18.5 Å². The highest BCUT2D eigenvalue weighted by molar-refractivity contribution is 7.17. The molecule has 100 valence electrons. The van der Waals surface area contributed by atoms with E-state index in [4.69, 9.17) is 0 Å². The van der Waals surface area contributed by atoms with Crippen LogP contribution in [0.25, 0.3) is 5.78 Å². The summed E-state index contributed by atoms with van der Waals surface area (Å²) >= 11 is 0.786. The first-order chi connectivity index (χ1) is 9.63.